The Hall–Kier alpha value is -1.25. The van der Waals surface area contributed by atoms with E-state index in [4.69, 9.17) is 4.74 Å². The van der Waals surface area contributed by atoms with Crippen LogP contribution < -0.4 is 10.0 Å². The normalized spacial score (nSPS) is 22.8. The topological polar surface area (TPSA) is 93.2 Å². The van der Waals surface area contributed by atoms with Crippen LogP contribution in [-0.2, 0) is 14.8 Å². The molecule has 1 aliphatic rings. The van der Waals surface area contributed by atoms with Gasteiger partial charge in [0.05, 0.1) is 18.5 Å². The predicted octanol–water partition coefficient (Wildman–Crippen LogP) is 0.364. The lowest BCUT2D eigenvalue weighted by Gasteiger charge is -2.34. The number of nitrogens with one attached hydrogen (secondary N) is 2. The Morgan fingerprint density at radius 3 is 2.53 bits per heavy atom. The van der Waals surface area contributed by atoms with Crippen molar-refractivity contribution in [3.05, 3.63) is 12.4 Å². The van der Waals surface area contributed by atoms with Crippen molar-refractivity contribution in [2.24, 2.45) is 0 Å². The number of hydrogen-bond donors (Lipinski definition) is 2. The standard InChI is InChI=1S/C11H18N4O3S/c1-3-18-9-4-8(5-9)15-19(16,17)10-6-13-11(12-2)14-7-10/h6-9,15H,3-5H2,1-2H3,(H,12,13,14). The van der Waals surface area contributed by atoms with Crippen LogP contribution in [0.5, 0.6) is 0 Å². The maximum Gasteiger partial charge on any atom is 0.243 e. The zero-order valence-electron chi connectivity index (χ0n) is 11.0. The molecule has 8 heteroatoms. The highest BCUT2D eigenvalue weighted by atomic mass is 32.2. The zero-order chi connectivity index (χ0) is 13.9. The molecule has 1 aromatic rings. The van der Waals surface area contributed by atoms with Crippen molar-refractivity contribution in [2.45, 2.75) is 36.8 Å². The summed E-state index contributed by atoms with van der Waals surface area (Å²) in [6.45, 7) is 2.58. The highest BCUT2D eigenvalue weighted by molar-refractivity contribution is 7.89. The highest BCUT2D eigenvalue weighted by Crippen LogP contribution is 2.24. The summed E-state index contributed by atoms with van der Waals surface area (Å²) < 4.78 is 32.1. The molecule has 0 amide bonds. The molecule has 0 spiro atoms. The molecule has 106 valence electrons. The zero-order valence-corrected chi connectivity index (χ0v) is 11.8. The van der Waals surface area contributed by atoms with Gasteiger partial charge in [0.25, 0.3) is 0 Å². The molecule has 0 radical (unpaired) electrons. The van der Waals surface area contributed by atoms with Gasteiger partial charge in [0.2, 0.25) is 16.0 Å². The van der Waals surface area contributed by atoms with E-state index in [9.17, 15) is 8.42 Å². The fourth-order valence-corrected chi connectivity index (χ4v) is 3.06. The number of anilines is 1. The summed E-state index contributed by atoms with van der Waals surface area (Å²) in [4.78, 5) is 7.86. The Bertz CT molecular complexity index is 511. The first-order valence-electron chi connectivity index (χ1n) is 6.19. The summed E-state index contributed by atoms with van der Waals surface area (Å²) in [5.74, 6) is 0.388. The number of sulfonamides is 1. The summed E-state index contributed by atoms with van der Waals surface area (Å²) >= 11 is 0. The average molecular weight is 286 g/mol. The van der Waals surface area contributed by atoms with Gasteiger partial charge in [-0.2, -0.15) is 0 Å². The lowest BCUT2D eigenvalue weighted by atomic mass is 9.90. The van der Waals surface area contributed by atoms with Gasteiger partial charge in [0, 0.05) is 19.7 Å². The highest BCUT2D eigenvalue weighted by Gasteiger charge is 2.33. The van der Waals surface area contributed by atoms with Gasteiger partial charge < -0.3 is 10.1 Å². The molecule has 0 aliphatic heterocycles. The summed E-state index contributed by atoms with van der Waals surface area (Å²) in [6, 6.07) is -0.0643. The fraction of sp³-hybridized carbons (Fsp3) is 0.636. The van der Waals surface area contributed by atoms with Crippen molar-refractivity contribution in [2.75, 3.05) is 19.0 Å². The first-order chi connectivity index (χ1) is 9.05. The lowest BCUT2D eigenvalue weighted by Crippen LogP contribution is -2.47. The van der Waals surface area contributed by atoms with E-state index in [1.165, 1.54) is 12.4 Å². The van der Waals surface area contributed by atoms with E-state index < -0.39 is 10.0 Å². The average Bonchev–Trinajstić information content (AvgIpc) is 2.36. The Morgan fingerprint density at radius 1 is 1.37 bits per heavy atom. The monoisotopic (exact) mass is 286 g/mol. The molecule has 1 aromatic heterocycles. The minimum atomic E-state index is -3.54. The number of ether oxygens (including phenoxy) is 1. The van der Waals surface area contributed by atoms with Gasteiger partial charge >= 0.3 is 0 Å². The number of nitrogens with zero attached hydrogens (tertiary/aromatic N) is 2. The molecule has 0 saturated heterocycles. The van der Waals surface area contributed by atoms with E-state index in [1.54, 1.807) is 7.05 Å². The van der Waals surface area contributed by atoms with E-state index in [1.807, 2.05) is 6.92 Å². The molecule has 0 bridgehead atoms. The SMILES string of the molecule is CCOC1CC(NS(=O)(=O)c2cnc(NC)nc2)C1. The van der Waals surface area contributed by atoms with Crippen LogP contribution in [0.4, 0.5) is 5.95 Å². The molecule has 0 aromatic carbocycles. The fourth-order valence-electron chi connectivity index (χ4n) is 1.91. The van der Waals surface area contributed by atoms with E-state index in [0.29, 0.717) is 25.4 Å². The summed E-state index contributed by atoms with van der Waals surface area (Å²) in [7, 11) is -1.87. The first-order valence-corrected chi connectivity index (χ1v) is 7.67. The number of aromatic nitrogens is 2. The third-order valence-corrected chi connectivity index (χ3v) is 4.46. The van der Waals surface area contributed by atoms with E-state index in [0.717, 1.165) is 0 Å². The van der Waals surface area contributed by atoms with Crippen LogP contribution in [-0.4, -0.2) is 44.2 Å². The molecule has 1 fully saturated rings. The molecule has 19 heavy (non-hydrogen) atoms. The summed E-state index contributed by atoms with van der Waals surface area (Å²) in [5.41, 5.74) is 0. The van der Waals surface area contributed by atoms with E-state index >= 15 is 0 Å². The van der Waals surface area contributed by atoms with Crippen molar-refractivity contribution in [3.63, 3.8) is 0 Å². The third kappa shape index (κ3) is 3.40. The van der Waals surface area contributed by atoms with Crippen molar-refractivity contribution < 1.29 is 13.2 Å². The van der Waals surface area contributed by atoms with Crippen molar-refractivity contribution >= 4 is 16.0 Å². The number of rotatable bonds is 6. The molecule has 0 unspecified atom stereocenters. The third-order valence-electron chi connectivity index (χ3n) is 2.98. The maximum atomic E-state index is 12.0. The molecular formula is C11H18N4O3S. The lowest BCUT2D eigenvalue weighted by molar-refractivity contribution is -0.00475. The molecule has 0 atom stereocenters. The van der Waals surface area contributed by atoms with Gasteiger partial charge in [-0.1, -0.05) is 0 Å². The first kappa shape index (κ1) is 14.2. The second-order valence-corrected chi connectivity index (χ2v) is 6.07. The Balaban J connectivity index is 1.95. The van der Waals surface area contributed by atoms with Crippen LogP contribution in [0.25, 0.3) is 0 Å². The quantitative estimate of drug-likeness (QED) is 0.784. The van der Waals surface area contributed by atoms with Gasteiger partial charge in [-0.05, 0) is 19.8 Å². The van der Waals surface area contributed by atoms with Gasteiger partial charge in [0.1, 0.15) is 4.90 Å². The van der Waals surface area contributed by atoms with Gasteiger partial charge in [-0.25, -0.2) is 23.1 Å². The second kappa shape index (κ2) is 5.81. The van der Waals surface area contributed by atoms with Crippen molar-refractivity contribution in [3.8, 4) is 0 Å². The van der Waals surface area contributed by atoms with Crippen LogP contribution in [0.1, 0.15) is 19.8 Å². The van der Waals surface area contributed by atoms with Gasteiger partial charge in [0.15, 0.2) is 0 Å². The van der Waals surface area contributed by atoms with E-state index in [-0.39, 0.29) is 17.0 Å². The predicted molar refractivity (Wildman–Crippen MR) is 70.3 cm³/mol. The van der Waals surface area contributed by atoms with Crippen LogP contribution >= 0.6 is 0 Å². The second-order valence-electron chi connectivity index (χ2n) is 4.36. The minimum absolute atomic E-state index is 0.0643. The van der Waals surface area contributed by atoms with Crippen molar-refractivity contribution in [1.82, 2.24) is 14.7 Å². The summed E-state index contributed by atoms with van der Waals surface area (Å²) in [6.07, 6.45) is 4.17. The molecule has 2 rings (SSSR count). The molecule has 7 nitrogen and oxygen atoms in total. The minimum Gasteiger partial charge on any atom is -0.378 e. The smallest absolute Gasteiger partial charge is 0.243 e. The molecule has 1 saturated carbocycles. The molecular weight excluding hydrogens is 268 g/mol. The van der Waals surface area contributed by atoms with Crippen LogP contribution in [0, 0.1) is 0 Å². The maximum absolute atomic E-state index is 12.0. The summed E-state index contributed by atoms with van der Waals surface area (Å²) in [5, 5.41) is 2.73. The van der Waals surface area contributed by atoms with E-state index in [2.05, 4.69) is 20.0 Å². The van der Waals surface area contributed by atoms with Gasteiger partial charge in [-0.15, -0.1) is 0 Å². The van der Waals surface area contributed by atoms with Crippen LogP contribution in [0.2, 0.25) is 0 Å². The Kier molecular flexibility index (Phi) is 4.33. The molecule has 1 aliphatic carbocycles. The van der Waals surface area contributed by atoms with Crippen molar-refractivity contribution in [1.29, 1.82) is 0 Å². The largest absolute Gasteiger partial charge is 0.378 e. The Morgan fingerprint density at radius 2 is 2.00 bits per heavy atom. The molecule has 2 N–H and O–H groups in total. The van der Waals surface area contributed by atoms with Crippen LogP contribution in [0.15, 0.2) is 17.3 Å². The van der Waals surface area contributed by atoms with Gasteiger partial charge in [-0.3, -0.25) is 0 Å². The van der Waals surface area contributed by atoms with Crippen LogP contribution in [0.3, 0.4) is 0 Å². The number of hydrogen-bond acceptors (Lipinski definition) is 6. The molecule has 1 heterocycles. The Labute approximate surface area is 112 Å².